The number of morpholine rings is 1. The minimum Gasteiger partial charge on any atom is -0.378 e. The van der Waals surface area contributed by atoms with Gasteiger partial charge in [-0.05, 0) is 30.5 Å². The number of thioether (sulfide) groups is 1. The number of benzene rings is 1. The first kappa shape index (κ1) is 21.1. The normalized spacial score (nSPS) is 15.4. The highest BCUT2D eigenvalue weighted by Gasteiger charge is 2.29. The highest BCUT2D eigenvalue weighted by Crippen LogP contribution is 2.32. The van der Waals surface area contributed by atoms with Crippen molar-refractivity contribution < 1.29 is 14.3 Å². The third-order valence-corrected chi connectivity index (χ3v) is 6.00. The summed E-state index contributed by atoms with van der Waals surface area (Å²) in [5.74, 6) is 0.220. The lowest BCUT2D eigenvalue weighted by Crippen LogP contribution is -2.42. The summed E-state index contributed by atoms with van der Waals surface area (Å²) in [4.78, 5) is 25.8. The molecule has 0 spiro atoms. The maximum Gasteiger partial charge on any atom is 0.318 e. The number of aromatic nitrogens is 3. The Morgan fingerprint density at radius 2 is 1.97 bits per heavy atom. The Morgan fingerprint density at radius 3 is 2.59 bits per heavy atom. The zero-order valence-electron chi connectivity index (χ0n) is 16.8. The molecule has 1 aromatic heterocycles. The minimum atomic E-state index is -0.865. The van der Waals surface area contributed by atoms with Crippen LogP contribution in [0.15, 0.2) is 29.4 Å². The third-order valence-electron chi connectivity index (χ3n) is 4.51. The number of amides is 3. The van der Waals surface area contributed by atoms with Gasteiger partial charge in [0.2, 0.25) is 11.9 Å². The van der Waals surface area contributed by atoms with Gasteiger partial charge in [-0.3, -0.25) is 14.7 Å². The quantitative estimate of drug-likeness (QED) is 0.686. The number of nitrogens with two attached hydrogens (primary N) is 1. The zero-order chi connectivity index (χ0) is 21.0. The van der Waals surface area contributed by atoms with E-state index in [1.165, 1.54) is 11.8 Å². The van der Waals surface area contributed by atoms with Crippen molar-refractivity contribution >= 4 is 29.6 Å². The standard InChI is InChI=1S/C19H26N6O3S/c1-12(2)15(16(26)21-17(20)27)29-19-23-22-18(24-7-9-28-10-8-24)25(19)14-6-4-5-13(3)11-14/h4-6,11-12,15H,7-10H2,1-3H3,(H3,20,21,26,27). The number of aryl methyl sites for hydroxylation is 1. The molecule has 156 valence electrons. The third kappa shape index (κ3) is 5.07. The number of hydrogen-bond donors (Lipinski definition) is 2. The van der Waals surface area contributed by atoms with Crippen molar-refractivity contribution in [2.24, 2.45) is 11.7 Å². The van der Waals surface area contributed by atoms with Crippen LogP contribution in [-0.4, -0.2) is 58.3 Å². The lowest BCUT2D eigenvalue weighted by atomic mass is 10.1. The van der Waals surface area contributed by atoms with Crippen LogP contribution in [0.25, 0.3) is 5.69 Å². The molecule has 1 saturated heterocycles. The minimum absolute atomic E-state index is 0.0474. The number of urea groups is 1. The summed E-state index contributed by atoms with van der Waals surface area (Å²) in [6.07, 6.45) is 0. The van der Waals surface area contributed by atoms with Crippen LogP contribution in [0.5, 0.6) is 0 Å². The van der Waals surface area contributed by atoms with E-state index < -0.39 is 17.2 Å². The molecule has 2 heterocycles. The van der Waals surface area contributed by atoms with Crippen LogP contribution in [0, 0.1) is 12.8 Å². The molecule has 3 rings (SSSR count). The number of primary amides is 1. The molecule has 3 N–H and O–H groups in total. The molecule has 29 heavy (non-hydrogen) atoms. The van der Waals surface area contributed by atoms with Gasteiger partial charge in [-0.2, -0.15) is 0 Å². The molecular weight excluding hydrogens is 392 g/mol. The number of hydrogen-bond acceptors (Lipinski definition) is 7. The van der Waals surface area contributed by atoms with E-state index >= 15 is 0 Å². The van der Waals surface area contributed by atoms with Gasteiger partial charge < -0.3 is 15.4 Å². The number of ether oxygens (including phenoxy) is 1. The highest BCUT2D eigenvalue weighted by molar-refractivity contribution is 8.00. The molecular formula is C19H26N6O3S. The molecule has 0 aliphatic carbocycles. The largest absolute Gasteiger partial charge is 0.378 e. The molecule has 1 aliphatic heterocycles. The SMILES string of the molecule is Cc1cccc(-n2c(SC(C(=O)NC(N)=O)C(C)C)nnc2N2CCOCC2)c1. The monoisotopic (exact) mass is 418 g/mol. The van der Waals surface area contributed by atoms with E-state index in [-0.39, 0.29) is 5.92 Å². The van der Waals surface area contributed by atoms with Crippen molar-refractivity contribution in [1.29, 1.82) is 0 Å². The molecule has 1 aliphatic rings. The molecule has 3 amide bonds. The number of carbonyl (C=O) groups is 2. The number of imide groups is 1. The van der Waals surface area contributed by atoms with E-state index in [0.29, 0.717) is 37.4 Å². The predicted octanol–water partition coefficient (Wildman–Crippen LogP) is 1.72. The summed E-state index contributed by atoms with van der Waals surface area (Å²) in [5, 5.41) is 11.0. The van der Waals surface area contributed by atoms with Gasteiger partial charge in [0.05, 0.1) is 24.2 Å². The summed E-state index contributed by atoms with van der Waals surface area (Å²) >= 11 is 1.27. The van der Waals surface area contributed by atoms with Gasteiger partial charge in [-0.25, -0.2) is 4.79 Å². The molecule has 0 bridgehead atoms. The van der Waals surface area contributed by atoms with Gasteiger partial charge in [0, 0.05) is 13.1 Å². The Morgan fingerprint density at radius 1 is 1.24 bits per heavy atom. The fourth-order valence-electron chi connectivity index (χ4n) is 3.10. The summed E-state index contributed by atoms with van der Waals surface area (Å²) in [5.41, 5.74) is 7.15. The van der Waals surface area contributed by atoms with Gasteiger partial charge in [0.1, 0.15) is 0 Å². The number of nitrogens with one attached hydrogen (secondary N) is 1. The van der Waals surface area contributed by atoms with Gasteiger partial charge in [0.15, 0.2) is 5.16 Å². The zero-order valence-corrected chi connectivity index (χ0v) is 17.6. The van der Waals surface area contributed by atoms with Crippen molar-refractivity contribution in [2.45, 2.75) is 31.2 Å². The molecule has 1 aromatic carbocycles. The molecule has 0 saturated carbocycles. The van der Waals surface area contributed by atoms with E-state index in [9.17, 15) is 9.59 Å². The van der Waals surface area contributed by atoms with Crippen LogP contribution in [0.2, 0.25) is 0 Å². The fraction of sp³-hybridized carbons (Fsp3) is 0.474. The second kappa shape index (κ2) is 9.27. The Bertz CT molecular complexity index is 879. The molecule has 2 aromatic rings. The summed E-state index contributed by atoms with van der Waals surface area (Å²) in [6, 6.07) is 7.16. The van der Waals surface area contributed by atoms with Crippen LogP contribution in [0.4, 0.5) is 10.7 Å². The topological polar surface area (TPSA) is 115 Å². The van der Waals surface area contributed by atoms with Crippen LogP contribution in [-0.2, 0) is 9.53 Å². The van der Waals surface area contributed by atoms with Gasteiger partial charge >= 0.3 is 6.03 Å². The first-order valence-electron chi connectivity index (χ1n) is 9.49. The second-order valence-corrected chi connectivity index (χ2v) is 8.30. The van der Waals surface area contributed by atoms with Crippen LogP contribution in [0.3, 0.4) is 0 Å². The highest BCUT2D eigenvalue weighted by atomic mass is 32.2. The average Bonchev–Trinajstić information content (AvgIpc) is 3.09. The van der Waals surface area contributed by atoms with E-state index in [4.69, 9.17) is 10.5 Å². The first-order chi connectivity index (χ1) is 13.9. The first-order valence-corrected chi connectivity index (χ1v) is 10.4. The Hall–Kier alpha value is -2.59. The fourth-order valence-corrected chi connectivity index (χ4v) is 4.14. The van der Waals surface area contributed by atoms with E-state index in [1.807, 2.05) is 49.6 Å². The smallest absolute Gasteiger partial charge is 0.318 e. The maximum atomic E-state index is 12.5. The van der Waals surface area contributed by atoms with Gasteiger partial charge in [-0.1, -0.05) is 37.7 Å². The van der Waals surface area contributed by atoms with Gasteiger partial charge in [0.25, 0.3) is 0 Å². The van der Waals surface area contributed by atoms with E-state index in [0.717, 1.165) is 11.3 Å². The number of anilines is 1. The van der Waals surface area contributed by atoms with Gasteiger partial charge in [-0.15, -0.1) is 10.2 Å². The van der Waals surface area contributed by atoms with Crippen molar-refractivity contribution in [3.05, 3.63) is 29.8 Å². The predicted molar refractivity (Wildman–Crippen MR) is 111 cm³/mol. The molecule has 10 heteroatoms. The van der Waals surface area contributed by atoms with Crippen molar-refractivity contribution in [2.75, 3.05) is 31.2 Å². The number of nitrogens with zero attached hydrogens (tertiary/aromatic N) is 4. The van der Waals surface area contributed by atoms with Crippen molar-refractivity contribution in [3.63, 3.8) is 0 Å². The number of rotatable bonds is 6. The molecule has 0 radical (unpaired) electrons. The van der Waals surface area contributed by atoms with Crippen molar-refractivity contribution in [1.82, 2.24) is 20.1 Å². The molecule has 1 atom stereocenters. The second-order valence-electron chi connectivity index (χ2n) is 7.19. The van der Waals surface area contributed by atoms with Crippen LogP contribution >= 0.6 is 11.8 Å². The van der Waals surface area contributed by atoms with E-state index in [1.54, 1.807) is 0 Å². The average molecular weight is 419 g/mol. The van der Waals surface area contributed by atoms with Crippen LogP contribution < -0.4 is 16.0 Å². The lowest BCUT2D eigenvalue weighted by molar-refractivity contribution is -0.120. The maximum absolute atomic E-state index is 12.5. The van der Waals surface area contributed by atoms with Crippen LogP contribution in [0.1, 0.15) is 19.4 Å². The molecule has 1 unspecified atom stereocenters. The molecule has 9 nitrogen and oxygen atoms in total. The summed E-state index contributed by atoms with van der Waals surface area (Å²) < 4.78 is 7.41. The summed E-state index contributed by atoms with van der Waals surface area (Å²) in [7, 11) is 0. The Labute approximate surface area is 174 Å². The Balaban J connectivity index is 2.00. The Kier molecular flexibility index (Phi) is 6.75. The molecule has 1 fully saturated rings. The lowest BCUT2D eigenvalue weighted by Gasteiger charge is -2.28. The number of carbonyl (C=O) groups excluding carboxylic acids is 2. The van der Waals surface area contributed by atoms with E-state index in [2.05, 4.69) is 20.4 Å². The summed E-state index contributed by atoms with van der Waals surface area (Å²) in [6.45, 7) is 8.52. The van der Waals surface area contributed by atoms with Crippen molar-refractivity contribution in [3.8, 4) is 5.69 Å².